The van der Waals surface area contributed by atoms with E-state index in [9.17, 15) is 0 Å². The topological polar surface area (TPSA) is 24.9 Å². The number of para-hydroxylation sites is 1. The molecule has 0 aliphatic carbocycles. The van der Waals surface area contributed by atoms with Crippen molar-refractivity contribution < 1.29 is 9.47 Å². The van der Waals surface area contributed by atoms with E-state index in [4.69, 9.17) is 9.47 Å². The molecule has 0 bridgehead atoms. The van der Waals surface area contributed by atoms with E-state index in [2.05, 4.69) is 40.1 Å². The summed E-state index contributed by atoms with van der Waals surface area (Å²) in [7, 11) is 3.46. The van der Waals surface area contributed by atoms with Crippen LogP contribution in [0.3, 0.4) is 0 Å². The third-order valence-corrected chi connectivity index (χ3v) is 4.59. The molecule has 1 heterocycles. The van der Waals surface area contributed by atoms with Crippen LogP contribution in [0.15, 0.2) is 48.5 Å². The van der Waals surface area contributed by atoms with Crippen LogP contribution < -0.4 is 9.47 Å². The maximum Gasteiger partial charge on any atom is 0.123 e. The zero-order chi connectivity index (χ0) is 16.8. The summed E-state index contributed by atoms with van der Waals surface area (Å²) in [6, 6.07) is 16.6. The first-order chi connectivity index (χ1) is 11.8. The maximum atomic E-state index is 5.46. The first-order valence-corrected chi connectivity index (χ1v) is 8.48. The third kappa shape index (κ3) is 4.28. The normalized spacial score (nSPS) is 16.1. The largest absolute Gasteiger partial charge is 0.497 e. The predicted molar refractivity (Wildman–Crippen MR) is 96.5 cm³/mol. The van der Waals surface area contributed by atoms with Crippen molar-refractivity contribution in [3.63, 3.8) is 0 Å². The predicted octanol–water partition coefficient (Wildman–Crippen LogP) is 3.02. The standard InChI is InChI=1S/C20H26N2O2/c1-23-19-8-5-6-17(14-19)15-21-10-12-22(13-11-21)16-18-7-3-4-9-20(18)24-2/h3-9,14H,10-13,15-16H2,1-2H3. The van der Waals surface area contributed by atoms with E-state index < -0.39 is 0 Å². The molecule has 3 rings (SSSR count). The van der Waals surface area contributed by atoms with Gasteiger partial charge in [0.05, 0.1) is 14.2 Å². The van der Waals surface area contributed by atoms with Crippen molar-refractivity contribution in [2.45, 2.75) is 13.1 Å². The molecule has 0 saturated carbocycles. The lowest BCUT2D eigenvalue weighted by Gasteiger charge is -2.35. The van der Waals surface area contributed by atoms with E-state index in [1.165, 1.54) is 11.1 Å². The quantitative estimate of drug-likeness (QED) is 0.815. The molecule has 128 valence electrons. The molecule has 4 heteroatoms. The Balaban J connectivity index is 1.52. The second-order valence-electron chi connectivity index (χ2n) is 6.22. The van der Waals surface area contributed by atoms with Crippen LogP contribution >= 0.6 is 0 Å². The summed E-state index contributed by atoms with van der Waals surface area (Å²) in [6.07, 6.45) is 0. The molecule has 1 aliphatic heterocycles. The fourth-order valence-corrected chi connectivity index (χ4v) is 3.21. The summed E-state index contributed by atoms with van der Waals surface area (Å²) in [5.41, 5.74) is 2.58. The summed E-state index contributed by atoms with van der Waals surface area (Å²) >= 11 is 0. The Kier molecular flexibility index (Phi) is 5.72. The van der Waals surface area contributed by atoms with Gasteiger partial charge in [-0.2, -0.15) is 0 Å². The summed E-state index contributed by atoms with van der Waals surface area (Å²) < 4.78 is 10.8. The number of methoxy groups -OCH3 is 2. The van der Waals surface area contributed by atoms with Gasteiger partial charge in [0.1, 0.15) is 11.5 Å². The molecule has 0 aromatic heterocycles. The molecule has 0 unspecified atom stereocenters. The molecular formula is C20H26N2O2. The first-order valence-electron chi connectivity index (χ1n) is 8.48. The Bertz CT molecular complexity index is 652. The maximum absolute atomic E-state index is 5.46. The van der Waals surface area contributed by atoms with Crippen molar-refractivity contribution in [1.29, 1.82) is 0 Å². The highest BCUT2D eigenvalue weighted by Gasteiger charge is 2.18. The fraction of sp³-hybridized carbons (Fsp3) is 0.400. The van der Waals surface area contributed by atoms with Gasteiger partial charge in [-0.15, -0.1) is 0 Å². The SMILES string of the molecule is COc1cccc(CN2CCN(Cc3ccccc3OC)CC2)c1. The van der Waals surface area contributed by atoms with Crippen molar-refractivity contribution in [3.05, 3.63) is 59.7 Å². The second-order valence-corrected chi connectivity index (χ2v) is 6.22. The smallest absolute Gasteiger partial charge is 0.123 e. The average molecular weight is 326 g/mol. The molecule has 2 aromatic rings. The summed E-state index contributed by atoms with van der Waals surface area (Å²) in [5.74, 6) is 1.92. The molecular weight excluding hydrogens is 300 g/mol. The minimum absolute atomic E-state index is 0.933. The van der Waals surface area contributed by atoms with Crippen LogP contribution in [0, 0.1) is 0 Å². The molecule has 24 heavy (non-hydrogen) atoms. The molecule has 1 aliphatic rings. The van der Waals surface area contributed by atoms with Gasteiger partial charge in [0, 0.05) is 44.8 Å². The third-order valence-electron chi connectivity index (χ3n) is 4.59. The van der Waals surface area contributed by atoms with Crippen LogP contribution in [0.1, 0.15) is 11.1 Å². The molecule has 0 amide bonds. The van der Waals surface area contributed by atoms with Crippen LogP contribution in [0.4, 0.5) is 0 Å². The number of piperazine rings is 1. The molecule has 2 aromatic carbocycles. The number of ether oxygens (including phenoxy) is 2. The van der Waals surface area contributed by atoms with Crippen LogP contribution in [0.25, 0.3) is 0 Å². The Hall–Kier alpha value is -2.04. The molecule has 1 saturated heterocycles. The molecule has 0 radical (unpaired) electrons. The van der Waals surface area contributed by atoms with Gasteiger partial charge in [-0.1, -0.05) is 30.3 Å². The number of rotatable bonds is 6. The molecule has 0 atom stereocenters. The highest BCUT2D eigenvalue weighted by Crippen LogP contribution is 2.20. The van der Waals surface area contributed by atoms with E-state index in [1.807, 2.05) is 18.2 Å². The number of hydrogen-bond donors (Lipinski definition) is 0. The van der Waals surface area contributed by atoms with Crippen LogP contribution in [-0.2, 0) is 13.1 Å². The van der Waals surface area contributed by atoms with Crippen molar-refractivity contribution in [2.24, 2.45) is 0 Å². The van der Waals surface area contributed by atoms with Gasteiger partial charge in [0.15, 0.2) is 0 Å². The van der Waals surface area contributed by atoms with Gasteiger partial charge in [-0.25, -0.2) is 0 Å². The summed E-state index contributed by atoms with van der Waals surface area (Å²) in [4.78, 5) is 5.01. The van der Waals surface area contributed by atoms with E-state index >= 15 is 0 Å². The lowest BCUT2D eigenvalue weighted by atomic mass is 10.1. The number of hydrogen-bond acceptors (Lipinski definition) is 4. The monoisotopic (exact) mass is 326 g/mol. The van der Waals surface area contributed by atoms with Gasteiger partial charge in [-0.05, 0) is 23.8 Å². The average Bonchev–Trinajstić information content (AvgIpc) is 2.64. The Morgan fingerprint density at radius 2 is 1.50 bits per heavy atom. The minimum atomic E-state index is 0.933. The zero-order valence-corrected chi connectivity index (χ0v) is 14.6. The fourth-order valence-electron chi connectivity index (χ4n) is 3.21. The van der Waals surface area contributed by atoms with Crippen molar-refractivity contribution in [1.82, 2.24) is 9.80 Å². The van der Waals surface area contributed by atoms with Gasteiger partial charge < -0.3 is 9.47 Å². The number of nitrogens with zero attached hydrogens (tertiary/aromatic N) is 2. The van der Waals surface area contributed by atoms with Crippen LogP contribution in [0.2, 0.25) is 0 Å². The summed E-state index contributed by atoms with van der Waals surface area (Å²) in [5, 5.41) is 0. The number of benzene rings is 2. The van der Waals surface area contributed by atoms with Crippen molar-refractivity contribution in [3.8, 4) is 11.5 Å². The lowest BCUT2D eigenvalue weighted by Crippen LogP contribution is -2.45. The van der Waals surface area contributed by atoms with Crippen LogP contribution in [0.5, 0.6) is 11.5 Å². The minimum Gasteiger partial charge on any atom is -0.497 e. The highest BCUT2D eigenvalue weighted by atomic mass is 16.5. The second kappa shape index (κ2) is 8.18. The van der Waals surface area contributed by atoms with Gasteiger partial charge in [-0.3, -0.25) is 9.80 Å². The summed E-state index contributed by atoms with van der Waals surface area (Å²) in [6.45, 7) is 6.29. The van der Waals surface area contributed by atoms with Crippen LogP contribution in [-0.4, -0.2) is 50.2 Å². The Morgan fingerprint density at radius 1 is 0.792 bits per heavy atom. The van der Waals surface area contributed by atoms with Gasteiger partial charge >= 0.3 is 0 Å². The van der Waals surface area contributed by atoms with E-state index in [1.54, 1.807) is 14.2 Å². The van der Waals surface area contributed by atoms with Crippen molar-refractivity contribution in [2.75, 3.05) is 40.4 Å². The van der Waals surface area contributed by atoms with Crippen molar-refractivity contribution >= 4 is 0 Å². The molecule has 0 spiro atoms. The molecule has 0 N–H and O–H groups in total. The van der Waals surface area contributed by atoms with Gasteiger partial charge in [0.2, 0.25) is 0 Å². The highest BCUT2D eigenvalue weighted by molar-refractivity contribution is 5.33. The lowest BCUT2D eigenvalue weighted by molar-refractivity contribution is 0.121. The van der Waals surface area contributed by atoms with E-state index in [0.29, 0.717) is 0 Å². The van der Waals surface area contributed by atoms with Gasteiger partial charge in [0.25, 0.3) is 0 Å². The van der Waals surface area contributed by atoms with E-state index in [-0.39, 0.29) is 0 Å². The molecule has 1 fully saturated rings. The molecule has 4 nitrogen and oxygen atoms in total. The Labute approximate surface area is 144 Å². The Morgan fingerprint density at radius 3 is 2.21 bits per heavy atom. The van der Waals surface area contributed by atoms with E-state index in [0.717, 1.165) is 50.8 Å². The zero-order valence-electron chi connectivity index (χ0n) is 14.6. The first kappa shape index (κ1) is 16.8.